The summed E-state index contributed by atoms with van der Waals surface area (Å²) in [5, 5.41) is 0. The second-order valence-electron chi connectivity index (χ2n) is 8.83. The summed E-state index contributed by atoms with van der Waals surface area (Å²) in [7, 11) is 4.31. The lowest BCUT2D eigenvalue weighted by molar-refractivity contribution is -0.137. The summed E-state index contributed by atoms with van der Waals surface area (Å²) in [6.07, 6.45) is 3.43. The van der Waals surface area contributed by atoms with Gasteiger partial charge in [0.15, 0.2) is 0 Å². The van der Waals surface area contributed by atoms with E-state index in [9.17, 15) is 4.79 Å². The number of nitrogens with zero attached hydrogens (tertiary/aromatic N) is 3. The van der Waals surface area contributed by atoms with Crippen LogP contribution in [-0.4, -0.2) is 67.4 Å². The van der Waals surface area contributed by atoms with Crippen molar-refractivity contribution in [3.63, 3.8) is 0 Å². The first-order valence-electron chi connectivity index (χ1n) is 9.66. The second kappa shape index (κ2) is 6.44. The molecule has 1 saturated carbocycles. The van der Waals surface area contributed by atoms with Crippen LogP contribution >= 0.6 is 0 Å². The third-order valence-corrected chi connectivity index (χ3v) is 6.40. The van der Waals surface area contributed by atoms with E-state index in [1.807, 2.05) is 13.0 Å². The Morgan fingerprint density at radius 2 is 2.08 bits per heavy atom. The average molecular weight is 345 g/mol. The molecule has 25 heavy (non-hydrogen) atoms. The SMILES string of the molecule is Cc1ccc(CN2CC3CN(C(=O)C4CCC4)CC3(CN(C)C)C2)o1. The van der Waals surface area contributed by atoms with Crippen molar-refractivity contribution < 1.29 is 9.21 Å². The Morgan fingerprint density at radius 1 is 1.28 bits per heavy atom. The highest BCUT2D eigenvalue weighted by molar-refractivity contribution is 5.80. The minimum absolute atomic E-state index is 0.213. The smallest absolute Gasteiger partial charge is 0.225 e. The summed E-state index contributed by atoms with van der Waals surface area (Å²) in [5.41, 5.74) is 0.213. The normalized spacial score (nSPS) is 30.1. The maximum absolute atomic E-state index is 12.7. The molecule has 0 N–H and O–H groups in total. The van der Waals surface area contributed by atoms with Gasteiger partial charge in [0, 0.05) is 44.1 Å². The van der Waals surface area contributed by atoms with Crippen LogP contribution in [0.15, 0.2) is 16.5 Å². The molecule has 1 amide bonds. The molecule has 2 saturated heterocycles. The first-order chi connectivity index (χ1) is 11.9. The predicted octanol–water partition coefficient (Wildman–Crippen LogP) is 2.21. The van der Waals surface area contributed by atoms with Gasteiger partial charge in [-0.2, -0.15) is 0 Å². The van der Waals surface area contributed by atoms with Crippen molar-refractivity contribution in [3.8, 4) is 0 Å². The zero-order chi connectivity index (χ0) is 17.6. The molecule has 2 atom stereocenters. The third kappa shape index (κ3) is 3.24. The molecule has 1 aromatic rings. The summed E-state index contributed by atoms with van der Waals surface area (Å²) < 4.78 is 5.78. The van der Waals surface area contributed by atoms with Crippen LogP contribution in [0, 0.1) is 24.2 Å². The summed E-state index contributed by atoms with van der Waals surface area (Å²) in [5.74, 6) is 3.36. The molecular formula is C20H31N3O2. The first kappa shape index (κ1) is 17.1. The number of aryl methyl sites for hydroxylation is 1. The number of likely N-dealkylation sites (tertiary alicyclic amines) is 2. The van der Waals surface area contributed by atoms with Gasteiger partial charge in [0.05, 0.1) is 6.54 Å². The maximum atomic E-state index is 12.7. The average Bonchev–Trinajstić information content (AvgIpc) is 3.09. The van der Waals surface area contributed by atoms with Gasteiger partial charge in [0.1, 0.15) is 11.5 Å². The molecule has 0 aromatic carbocycles. The lowest BCUT2D eigenvalue weighted by atomic mass is 9.80. The van der Waals surface area contributed by atoms with E-state index >= 15 is 0 Å². The summed E-state index contributed by atoms with van der Waals surface area (Å²) in [4.78, 5) is 19.8. The van der Waals surface area contributed by atoms with E-state index in [2.05, 4.69) is 34.9 Å². The van der Waals surface area contributed by atoms with Crippen molar-refractivity contribution in [2.75, 3.05) is 46.8 Å². The summed E-state index contributed by atoms with van der Waals surface area (Å²) in [6, 6.07) is 4.13. The van der Waals surface area contributed by atoms with Crippen LogP contribution in [0.1, 0.15) is 30.8 Å². The van der Waals surface area contributed by atoms with E-state index in [1.165, 1.54) is 6.42 Å². The fourth-order valence-corrected chi connectivity index (χ4v) is 5.14. The highest BCUT2D eigenvalue weighted by atomic mass is 16.3. The quantitative estimate of drug-likeness (QED) is 0.820. The predicted molar refractivity (Wildman–Crippen MR) is 97.1 cm³/mol. The molecule has 3 fully saturated rings. The fourth-order valence-electron chi connectivity index (χ4n) is 5.14. The minimum Gasteiger partial charge on any atom is -0.465 e. The molecule has 2 unspecified atom stereocenters. The summed E-state index contributed by atoms with van der Waals surface area (Å²) >= 11 is 0. The highest BCUT2D eigenvalue weighted by Crippen LogP contribution is 2.44. The Balaban J connectivity index is 1.46. The van der Waals surface area contributed by atoms with Crippen LogP contribution < -0.4 is 0 Å². The second-order valence-corrected chi connectivity index (χ2v) is 8.83. The van der Waals surface area contributed by atoms with E-state index in [0.717, 1.165) is 63.6 Å². The Hall–Kier alpha value is -1.33. The van der Waals surface area contributed by atoms with Crippen molar-refractivity contribution in [2.24, 2.45) is 17.3 Å². The molecule has 3 aliphatic rings. The van der Waals surface area contributed by atoms with Crippen LogP contribution in [0.3, 0.4) is 0 Å². The van der Waals surface area contributed by atoms with E-state index in [-0.39, 0.29) is 5.41 Å². The van der Waals surface area contributed by atoms with Crippen LogP contribution in [0.5, 0.6) is 0 Å². The largest absolute Gasteiger partial charge is 0.465 e. The van der Waals surface area contributed by atoms with Crippen molar-refractivity contribution >= 4 is 5.91 Å². The van der Waals surface area contributed by atoms with E-state index in [1.54, 1.807) is 0 Å². The van der Waals surface area contributed by atoms with Gasteiger partial charge in [0.25, 0.3) is 0 Å². The van der Waals surface area contributed by atoms with Gasteiger partial charge in [-0.3, -0.25) is 9.69 Å². The van der Waals surface area contributed by atoms with E-state index in [0.29, 0.717) is 17.7 Å². The minimum atomic E-state index is 0.213. The Bertz CT molecular complexity index is 637. The lowest BCUT2D eigenvalue weighted by Crippen LogP contribution is -2.44. The van der Waals surface area contributed by atoms with Crippen molar-refractivity contribution in [1.82, 2.24) is 14.7 Å². The maximum Gasteiger partial charge on any atom is 0.225 e. The first-order valence-corrected chi connectivity index (χ1v) is 9.66. The standard InChI is InChI=1S/C20H31N3O2/c1-15-7-8-18(25-15)11-22-9-17-10-23(19(24)16-5-4-6-16)14-20(17,13-22)12-21(2)3/h7-8,16-17H,4-6,9-14H2,1-3H3. The number of hydrogen-bond donors (Lipinski definition) is 0. The molecule has 0 spiro atoms. The fraction of sp³-hybridized carbons (Fsp3) is 0.750. The molecule has 5 nitrogen and oxygen atoms in total. The monoisotopic (exact) mass is 345 g/mol. The van der Waals surface area contributed by atoms with Gasteiger partial charge in [-0.25, -0.2) is 0 Å². The highest BCUT2D eigenvalue weighted by Gasteiger charge is 2.54. The van der Waals surface area contributed by atoms with Crippen LogP contribution in [0.4, 0.5) is 0 Å². The number of amides is 1. The van der Waals surface area contributed by atoms with E-state index < -0.39 is 0 Å². The molecule has 1 aromatic heterocycles. The third-order valence-electron chi connectivity index (χ3n) is 6.40. The topological polar surface area (TPSA) is 39.9 Å². The van der Waals surface area contributed by atoms with Gasteiger partial charge < -0.3 is 14.2 Å². The van der Waals surface area contributed by atoms with Crippen molar-refractivity contribution in [2.45, 2.75) is 32.7 Å². The van der Waals surface area contributed by atoms with Gasteiger partial charge >= 0.3 is 0 Å². The zero-order valence-electron chi connectivity index (χ0n) is 15.8. The molecule has 0 radical (unpaired) electrons. The molecule has 5 heteroatoms. The number of carbonyl (C=O) groups excluding carboxylic acids is 1. The molecule has 3 heterocycles. The number of furan rings is 1. The zero-order valence-corrected chi connectivity index (χ0v) is 15.8. The number of fused-ring (bicyclic) bond motifs is 1. The van der Waals surface area contributed by atoms with Gasteiger partial charge in [-0.15, -0.1) is 0 Å². The molecule has 138 valence electrons. The lowest BCUT2D eigenvalue weighted by Gasteiger charge is -2.34. The van der Waals surface area contributed by atoms with Gasteiger partial charge in [-0.1, -0.05) is 6.42 Å². The van der Waals surface area contributed by atoms with Crippen LogP contribution in [-0.2, 0) is 11.3 Å². The number of carbonyl (C=O) groups is 1. The van der Waals surface area contributed by atoms with Gasteiger partial charge in [0.2, 0.25) is 5.91 Å². The van der Waals surface area contributed by atoms with Crippen LogP contribution in [0.25, 0.3) is 0 Å². The van der Waals surface area contributed by atoms with Crippen molar-refractivity contribution in [1.29, 1.82) is 0 Å². The van der Waals surface area contributed by atoms with Gasteiger partial charge in [-0.05, 0) is 51.9 Å². The van der Waals surface area contributed by atoms with Crippen molar-refractivity contribution in [3.05, 3.63) is 23.7 Å². The van der Waals surface area contributed by atoms with E-state index in [4.69, 9.17) is 4.42 Å². The number of rotatable bonds is 5. The molecule has 0 bridgehead atoms. The molecule has 2 aliphatic heterocycles. The Morgan fingerprint density at radius 3 is 2.68 bits per heavy atom. The number of hydrogen-bond acceptors (Lipinski definition) is 4. The summed E-state index contributed by atoms with van der Waals surface area (Å²) in [6.45, 7) is 7.94. The molecule has 4 rings (SSSR count). The van der Waals surface area contributed by atoms with Crippen LogP contribution in [0.2, 0.25) is 0 Å². The Kier molecular flexibility index (Phi) is 4.40. The molecular weight excluding hydrogens is 314 g/mol. The Labute approximate surface area is 150 Å². The molecule has 1 aliphatic carbocycles.